The molecule has 82 valence electrons. The molecule has 16 heavy (non-hydrogen) atoms. The SMILES string of the molecule is NC(N)=NC(=O)C1=Cc2ccccc2OC1. The maximum absolute atomic E-state index is 11.5. The summed E-state index contributed by atoms with van der Waals surface area (Å²) in [6.45, 7) is 0.187. The van der Waals surface area contributed by atoms with E-state index in [1.165, 1.54) is 0 Å². The normalized spacial score (nSPS) is 13.1. The number of rotatable bonds is 1. The lowest BCUT2D eigenvalue weighted by molar-refractivity contribution is -0.114. The van der Waals surface area contributed by atoms with Gasteiger partial charge in [-0.05, 0) is 12.1 Å². The van der Waals surface area contributed by atoms with Gasteiger partial charge in [-0.15, -0.1) is 0 Å². The second-order valence-corrected chi connectivity index (χ2v) is 3.34. The van der Waals surface area contributed by atoms with E-state index < -0.39 is 5.91 Å². The van der Waals surface area contributed by atoms with Gasteiger partial charge in [0.25, 0.3) is 5.91 Å². The van der Waals surface area contributed by atoms with Gasteiger partial charge in [0.15, 0.2) is 5.96 Å². The van der Waals surface area contributed by atoms with Gasteiger partial charge in [-0.3, -0.25) is 4.79 Å². The van der Waals surface area contributed by atoms with E-state index in [-0.39, 0.29) is 12.6 Å². The third kappa shape index (κ3) is 2.03. The van der Waals surface area contributed by atoms with Gasteiger partial charge in [-0.1, -0.05) is 18.2 Å². The molecule has 1 amide bonds. The Morgan fingerprint density at radius 1 is 1.31 bits per heavy atom. The van der Waals surface area contributed by atoms with Crippen molar-refractivity contribution in [1.29, 1.82) is 0 Å². The van der Waals surface area contributed by atoms with Crippen LogP contribution in [0.1, 0.15) is 5.56 Å². The Balaban J connectivity index is 2.31. The Kier molecular flexibility index (Phi) is 2.59. The fourth-order valence-electron chi connectivity index (χ4n) is 1.43. The van der Waals surface area contributed by atoms with Gasteiger partial charge in [0, 0.05) is 5.56 Å². The van der Waals surface area contributed by atoms with Crippen molar-refractivity contribution >= 4 is 17.9 Å². The smallest absolute Gasteiger partial charge is 0.279 e. The van der Waals surface area contributed by atoms with Crippen LogP contribution in [0, 0.1) is 0 Å². The monoisotopic (exact) mass is 217 g/mol. The van der Waals surface area contributed by atoms with Crippen LogP contribution in [0.3, 0.4) is 0 Å². The average Bonchev–Trinajstić information content (AvgIpc) is 2.27. The molecule has 0 fully saturated rings. The van der Waals surface area contributed by atoms with Crippen LogP contribution in [-0.4, -0.2) is 18.5 Å². The van der Waals surface area contributed by atoms with Crippen molar-refractivity contribution in [2.75, 3.05) is 6.61 Å². The van der Waals surface area contributed by atoms with Crippen LogP contribution >= 0.6 is 0 Å². The summed E-state index contributed by atoms with van der Waals surface area (Å²) in [6.07, 6.45) is 1.73. The average molecular weight is 217 g/mol. The molecule has 1 aliphatic rings. The van der Waals surface area contributed by atoms with Gasteiger partial charge in [-0.2, -0.15) is 4.99 Å². The molecule has 0 saturated carbocycles. The van der Waals surface area contributed by atoms with Gasteiger partial charge in [-0.25, -0.2) is 0 Å². The van der Waals surface area contributed by atoms with Crippen molar-refractivity contribution in [2.24, 2.45) is 16.5 Å². The standard InChI is InChI=1S/C11H11N3O2/c12-11(13)14-10(15)8-5-7-3-1-2-4-9(7)16-6-8/h1-5H,6H2,(H4,12,13,14,15). The van der Waals surface area contributed by atoms with Crippen molar-refractivity contribution in [3.63, 3.8) is 0 Å². The highest BCUT2D eigenvalue weighted by Crippen LogP contribution is 2.25. The lowest BCUT2D eigenvalue weighted by Crippen LogP contribution is -2.25. The fraction of sp³-hybridized carbons (Fsp3) is 0.0909. The maximum Gasteiger partial charge on any atom is 0.279 e. The van der Waals surface area contributed by atoms with E-state index in [1.807, 2.05) is 24.3 Å². The fourth-order valence-corrected chi connectivity index (χ4v) is 1.43. The first kappa shape index (κ1) is 10.2. The van der Waals surface area contributed by atoms with Crippen LogP contribution in [0.15, 0.2) is 34.8 Å². The van der Waals surface area contributed by atoms with Crippen molar-refractivity contribution in [2.45, 2.75) is 0 Å². The molecule has 0 saturated heterocycles. The Hall–Kier alpha value is -2.30. The minimum absolute atomic E-state index is 0.187. The summed E-state index contributed by atoms with van der Waals surface area (Å²) in [5.74, 6) is 0.0445. The highest BCUT2D eigenvalue weighted by Gasteiger charge is 2.16. The number of para-hydroxylation sites is 1. The van der Waals surface area contributed by atoms with Crippen LogP contribution < -0.4 is 16.2 Å². The number of hydrogen-bond acceptors (Lipinski definition) is 2. The van der Waals surface area contributed by atoms with E-state index in [0.717, 1.165) is 11.3 Å². The number of nitrogens with zero attached hydrogens (tertiary/aromatic N) is 1. The van der Waals surface area contributed by atoms with Crippen LogP contribution in [0.5, 0.6) is 5.75 Å². The number of fused-ring (bicyclic) bond motifs is 1. The number of nitrogens with two attached hydrogens (primary N) is 2. The Morgan fingerprint density at radius 3 is 2.81 bits per heavy atom. The quantitative estimate of drug-likeness (QED) is 0.521. The molecule has 0 aliphatic carbocycles. The van der Waals surface area contributed by atoms with Crippen molar-refractivity contribution in [3.8, 4) is 5.75 Å². The molecule has 1 heterocycles. The zero-order chi connectivity index (χ0) is 11.5. The summed E-state index contributed by atoms with van der Waals surface area (Å²) < 4.78 is 5.40. The molecule has 0 aromatic heterocycles. The second-order valence-electron chi connectivity index (χ2n) is 3.34. The largest absolute Gasteiger partial charge is 0.488 e. The summed E-state index contributed by atoms with van der Waals surface area (Å²) in [7, 11) is 0. The van der Waals surface area contributed by atoms with Gasteiger partial charge in [0.1, 0.15) is 12.4 Å². The lowest BCUT2D eigenvalue weighted by atomic mass is 10.1. The topological polar surface area (TPSA) is 90.7 Å². The summed E-state index contributed by atoms with van der Waals surface area (Å²) in [5.41, 5.74) is 11.6. The molecule has 5 heteroatoms. The van der Waals surface area contributed by atoms with E-state index in [9.17, 15) is 4.79 Å². The van der Waals surface area contributed by atoms with Gasteiger partial charge in [0.2, 0.25) is 0 Å². The van der Waals surface area contributed by atoms with Gasteiger partial charge >= 0.3 is 0 Å². The molecule has 4 N–H and O–H groups in total. The van der Waals surface area contributed by atoms with E-state index >= 15 is 0 Å². The number of carbonyl (C=O) groups excluding carboxylic acids is 1. The van der Waals surface area contributed by atoms with E-state index in [2.05, 4.69) is 4.99 Å². The minimum Gasteiger partial charge on any atom is -0.488 e. The zero-order valence-corrected chi connectivity index (χ0v) is 8.51. The van der Waals surface area contributed by atoms with Gasteiger partial charge in [0.05, 0.1) is 5.57 Å². The van der Waals surface area contributed by atoms with Crippen molar-refractivity contribution < 1.29 is 9.53 Å². The molecule has 0 unspecified atom stereocenters. The number of carbonyl (C=O) groups is 1. The number of amides is 1. The van der Waals surface area contributed by atoms with Crippen LogP contribution in [0.2, 0.25) is 0 Å². The van der Waals surface area contributed by atoms with Crippen molar-refractivity contribution in [3.05, 3.63) is 35.4 Å². The molecule has 1 aliphatic heterocycles. The predicted octanol–water partition coefficient (Wildman–Crippen LogP) is 0.262. The maximum atomic E-state index is 11.5. The summed E-state index contributed by atoms with van der Waals surface area (Å²) in [6, 6.07) is 7.44. The molecular formula is C11H11N3O2. The highest BCUT2D eigenvalue weighted by atomic mass is 16.5. The summed E-state index contributed by atoms with van der Waals surface area (Å²) in [5, 5.41) is 0. The van der Waals surface area contributed by atoms with Crippen LogP contribution in [0.4, 0.5) is 0 Å². The first-order valence-electron chi connectivity index (χ1n) is 4.73. The highest BCUT2D eigenvalue weighted by molar-refractivity contribution is 6.04. The Labute approximate surface area is 92.4 Å². The van der Waals surface area contributed by atoms with Crippen LogP contribution in [-0.2, 0) is 4.79 Å². The molecule has 5 nitrogen and oxygen atoms in total. The van der Waals surface area contributed by atoms with E-state index in [1.54, 1.807) is 6.08 Å². The molecule has 0 bridgehead atoms. The van der Waals surface area contributed by atoms with E-state index in [4.69, 9.17) is 16.2 Å². The Bertz CT molecular complexity index is 488. The van der Waals surface area contributed by atoms with E-state index in [0.29, 0.717) is 5.57 Å². The number of ether oxygens (including phenoxy) is 1. The first-order chi connectivity index (χ1) is 7.66. The molecule has 0 radical (unpaired) electrons. The molecule has 0 atom stereocenters. The Morgan fingerprint density at radius 2 is 2.06 bits per heavy atom. The molecule has 2 rings (SSSR count). The number of guanidine groups is 1. The first-order valence-corrected chi connectivity index (χ1v) is 4.73. The summed E-state index contributed by atoms with van der Waals surface area (Å²) >= 11 is 0. The predicted molar refractivity (Wildman–Crippen MR) is 60.7 cm³/mol. The molecule has 1 aromatic carbocycles. The molecule has 1 aromatic rings. The second kappa shape index (κ2) is 4.06. The lowest BCUT2D eigenvalue weighted by Gasteiger charge is -2.15. The third-order valence-electron chi connectivity index (χ3n) is 2.14. The number of benzene rings is 1. The molecular weight excluding hydrogens is 206 g/mol. The summed E-state index contributed by atoms with van der Waals surface area (Å²) in [4.78, 5) is 15.0. The minimum atomic E-state index is -0.463. The van der Waals surface area contributed by atoms with Crippen LogP contribution in [0.25, 0.3) is 6.08 Å². The third-order valence-corrected chi connectivity index (χ3v) is 2.14. The zero-order valence-electron chi connectivity index (χ0n) is 8.51. The van der Waals surface area contributed by atoms with Crippen molar-refractivity contribution in [1.82, 2.24) is 0 Å². The number of hydrogen-bond donors (Lipinski definition) is 2. The van der Waals surface area contributed by atoms with Gasteiger partial charge < -0.3 is 16.2 Å². The number of aliphatic imine (C=N–C) groups is 1. The molecule has 0 spiro atoms.